The van der Waals surface area contributed by atoms with Gasteiger partial charge in [-0.05, 0) is 49.9 Å². The average Bonchev–Trinajstić information content (AvgIpc) is 2.48. The van der Waals surface area contributed by atoms with E-state index in [4.69, 9.17) is 11.6 Å². The number of aromatic nitrogens is 1. The Morgan fingerprint density at radius 3 is 3.05 bits per heavy atom. The largest absolute Gasteiger partial charge is 0.396 e. The number of piperidine rings is 1. The van der Waals surface area contributed by atoms with Crippen LogP contribution < -0.4 is 0 Å². The van der Waals surface area contributed by atoms with E-state index in [1.807, 2.05) is 0 Å². The lowest BCUT2D eigenvalue weighted by atomic mass is 9.98. The Morgan fingerprint density at radius 1 is 1.38 bits per heavy atom. The van der Waals surface area contributed by atoms with Crippen molar-refractivity contribution in [3.05, 3.63) is 40.5 Å². The molecule has 1 unspecified atom stereocenters. The van der Waals surface area contributed by atoms with Crippen molar-refractivity contribution in [1.29, 1.82) is 0 Å². The van der Waals surface area contributed by atoms with Crippen molar-refractivity contribution in [3.8, 4) is 0 Å². The van der Waals surface area contributed by atoms with Crippen LogP contribution in [-0.4, -0.2) is 34.7 Å². The molecular formula is C17H21ClN2O. The summed E-state index contributed by atoms with van der Waals surface area (Å²) in [7, 11) is 0. The van der Waals surface area contributed by atoms with E-state index in [9.17, 15) is 5.11 Å². The van der Waals surface area contributed by atoms with Gasteiger partial charge in [0.25, 0.3) is 0 Å². The highest BCUT2D eigenvalue weighted by Gasteiger charge is 2.20. The Bertz CT molecular complexity index is 644. The van der Waals surface area contributed by atoms with Gasteiger partial charge in [0.2, 0.25) is 0 Å². The lowest BCUT2D eigenvalue weighted by Gasteiger charge is -2.31. The molecule has 0 saturated carbocycles. The summed E-state index contributed by atoms with van der Waals surface area (Å²) < 4.78 is 0. The first kappa shape index (κ1) is 14.8. The summed E-state index contributed by atoms with van der Waals surface area (Å²) in [6.45, 7) is 5.16. The molecule has 3 rings (SSSR count). The van der Waals surface area contributed by atoms with Crippen LogP contribution >= 0.6 is 11.6 Å². The molecule has 1 saturated heterocycles. The molecule has 112 valence electrons. The number of rotatable bonds is 3. The Labute approximate surface area is 130 Å². The number of aryl methyl sites for hydroxylation is 1. The van der Waals surface area contributed by atoms with Crippen LogP contribution in [0.3, 0.4) is 0 Å². The summed E-state index contributed by atoms with van der Waals surface area (Å²) >= 11 is 6.36. The van der Waals surface area contributed by atoms with Crippen molar-refractivity contribution in [1.82, 2.24) is 9.88 Å². The Hall–Kier alpha value is -1.16. The van der Waals surface area contributed by atoms with Crippen LogP contribution in [0, 0.1) is 12.8 Å². The van der Waals surface area contributed by atoms with Gasteiger partial charge in [-0.15, -0.1) is 0 Å². The fourth-order valence-electron chi connectivity index (χ4n) is 3.09. The molecule has 1 N–H and O–H groups in total. The Balaban J connectivity index is 1.83. The van der Waals surface area contributed by atoms with Gasteiger partial charge in [0.1, 0.15) is 5.15 Å². The van der Waals surface area contributed by atoms with Gasteiger partial charge in [0, 0.05) is 30.6 Å². The summed E-state index contributed by atoms with van der Waals surface area (Å²) in [5.74, 6) is 0.397. The third-order valence-electron chi connectivity index (χ3n) is 4.25. The van der Waals surface area contributed by atoms with Crippen LogP contribution in [0.25, 0.3) is 10.9 Å². The molecule has 0 aliphatic carbocycles. The van der Waals surface area contributed by atoms with Gasteiger partial charge >= 0.3 is 0 Å². The molecule has 2 aromatic rings. The van der Waals surface area contributed by atoms with Crippen LogP contribution in [0.5, 0.6) is 0 Å². The van der Waals surface area contributed by atoms with Crippen molar-refractivity contribution in [2.75, 3.05) is 19.7 Å². The molecule has 0 spiro atoms. The number of benzene rings is 1. The second-order valence-electron chi connectivity index (χ2n) is 6.06. The van der Waals surface area contributed by atoms with E-state index in [0.29, 0.717) is 11.1 Å². The van der Waals surface area contributed by atoms with Crippen LogP contribution in [0.15, 0.2) is 24.3 Å². The topological polar surface area (TPSA) is 36.4 Å². The van der Waals surface area contributed by atoms with E-state index in [2.05, 4.69) is 41.1 Å². The van der Waals surface area contributed by atoms with E-state index in [-0.39, 0.29) is 6.61 Å². The predicted octanol–water partition coefficient (Wildman–Crippen LogP) is 3.40. The summed E-state index contributed by atoms with van der Waals surface area (Å²) in [5.41, 5.74) is 3.22. The summed E-state index contributed by atoms with van der Waals surface area (Å²) in [5, 5.41) is 11.1. The normalized spacial score (nSPS) is 20.0. The monoisotopic (exact) mass is 304 g/mol. The van der Waals surface area contributed by atoms with Gasteiger partial charge in [-0.1, -0.05) is 23.7 Å². The minimum atomic E-state index is 0.277. The van der Waals surface area contributed by atoms with E-state index in [1.165, 1.54) is 5.56 Å². The van der Waals surface area contributed by atoms with Gasteiger partial charge in [-0.3, -0.25) is 4.90 Å². The highest BCUT2D eigenvalue weighted by molar-refractivity contribution is 6.30. The van der Waals surface area contributed by atoms with E-state index >= 15 is 0 Å². The summed E-state index contributed by atoms with van der Waals surface area (Å²) in [4.78, 5) is 6.90. The van der Waals surface area contributed by atoms with Crippen molar-refractivity contribution in [2.45, 2.75) is 26.3 Å². The first-order chi connectivity index (χ1) is 10.2. The third kappa shape index (κ3) is 3.37. The standard InChI is InChI=1S/C17H21ClN2O/c1-12-4-5-14-8-15(17(18)19-16(14)7-12)10-20-6-2-3-13(9-20)11-21/h4-5,7-8,13,21H,2-3,6,9-11H2,1H3. The number of likely N-dealkylation sites (tertiary alicyclic amines) is 1. The molecule has 1 aliphatic rings. The van der Waals surface area contributed by atoms with Gasteiger partial charge in [0.15, 0.2) is 0 Å². The number of fused-ring (bicyclic) bond motifs is 1. The first-order valence-electron chi connectivity index (χ1n) is 7.54. The molecule has 4 heteroatoms. The molecular weight excluding hydrogens is 284 g/mol. The lowest BCUT2D eigenvalue weighted by Crippen LogP contribution is -2.36. The van der Waals surface area contributed by atoms with Crippen molar-refractivity contribution < 1.29 is 5.11 Å². The van der Waals surface area contributed by atoms with Crippen LogP contribution in [0.4, 0.5) is 0 Å². The van der Waals surface area contributed by atoms with Crippen molar-refractivity contribution in [3.63, 3.8) is 0 Å². The molecule has 3 nitrogen and oxygen atoms in total. The minimum absolute atomic E-state index is 0.277. The number of aliphatic hydroxyl groups is 1. The molecule has 1 atom stereocenters. The number of hydrogen-bond acceptors (Lipinski definition) is 3. The number of halogens is 1. The van der Waals surface area contributed by atoms with Gasteiger partial charge in [0.05, 0.1) is 5.52 Å². The SMILES string of the molecule is Cc1ccc2cc(CN3CCCC(CO)C3)c(Cl)nc2c1. The van der Waals surface area contributed by atoms with Gasteiger partial charge in [-0.25, -0.2) is 4.98 Å². The van der Waals surface area contributed by atoms with E-state index in [1.54, 1.807) is 0 Å². The zero-order chi connectivity index (χ0) is 14.8. The molecule has 0 bridgehead atoms. The maximum absolute atomic E-state index is 9.33. The summed E-state index contributed by atoms with van der Waals surface area (Å²) in [6.07, 6.45) is 2.26. The highest BCUT2D eigenvalue weighted by atomic mass is 35.5. The molecule has 1 fully saturated rings. The molecule has 0 amide bonds. The van der Waals surface area contributed by atoms with Crippen LogP contribution in [0.2, 0.25) is 5.15 Å². The Kier molecular flexibility index (Phi) is 4.43. The highest BCUT2D eigenvalue weighted by Crippen LogP contribution is 2.25. The molecule has 1 aliphatic heterocycles. The minimum Gasteiger partial charge on any atom is -0.396 e. The molecule has 1 aromatic carbocycles. The van der Waals surface area contributed by atoms with Crippen molar-refractivity contribution >= 4 is 22.5 Å². The Morgan fingerprint density at radius 2 is 2.24 bits per heavy atom. The zero-order valence-electron chi connectivity index (χ0n) is 12.3. The van der Waals surface area contributed by atoms with Crippen molar-refractivity contribution in [2.24, 2.45) is 5.92 Å². The predicted molar refractivity (Wildman–Crippen MR) is 86.6 cm³/mol. The average molecular weight is 305 g/mol. The fraction of sp³-hybridized carbons (Fsp3) is 0.471. The number of pyridine rings is 1. The first-order valence-corrected chi connectivity index (χ1v) is 7.92. The number of aliphatic hydroxyl groups excluding tert-OH is 1. The van der Waals surface area contributed by atoms with Crippen LogP contribution in [0.1, 0.15) is 24.0 Å². The smallest absolute Gasteiger partial charge is 0.134 e. The number of hydrogen-bond donors (Lipinski definition) is 1. The summed E-state index contributed by atoms with van der Waals surface area (Å²) in [6, 6.07) is 8.41. The maximum atomic E-state index is 9.33. The number of nitrogens with zero attached hydrogens (tertiary/aromatic N) is 2. The molecule has 0 radical (unpaired) electrons. The quantitative estimate of drug-likeness (QED) is 0.883. The van der Waals surface area contributed by atoms with Gasteiger partial charge < -0.3 is 5.11 Å². The lowest BCUT2D eigenvalue weighted by molar-refractivity contribution is 0.116. The second kappa shape index (κ2) is 6.30. The van der Waals surface area contributed by atoms with Gasteiger partial charge in [-0.2, -0.15) is 0 Å². The molecule has 21 heavy (non-hydrogen) atoms. The third-order valence-corrected chi connectivity index (χ3v) is 4.58. The van der Waals surface area contributed by atoms with E-state index in [0.717, 1.165) is 48.9 Å². The maximum Gasteiger partial charge on any atom is 0.134 e. The fourth-order valence-corrected chi connectivity index (χ4v) is 3.30. The molecule has 1 aromatic heterocycles. The van der Waals surface area contributed by atoms with E-state index < -0.39 is 0 Å². The molecule has 2 heterocycles. The van der Waals surface area contributed by atoms with Crippen LogP contribution in [-0.2, 0) is 6.54 Å². The second-order valence-corrected chi connectivity index (χ2v) is 6.42. The zero-order valence-corrected chi connectivity index (χ0v) is 13.1.